The number of nitrogens with one attached hydrogen (secondary N) is 1. The number of Topliss-reactive ketones (excluding diaryl/α,β-unsaturated/α-hetero) is 3. The van der Waals surface area contributed by atoms with Crippen LogP contribution in [-0.4, -0.2) is 24.5 Å². The van der Waals surface area contributed by atoms with E-state index >= 15 is 0 Å². The molecule has 31 heavy (non-hydrogen) atoms. The Morgan fingerprint density at radius 2 is 1.52 bits per heavy atom. The van der Waals surface area contributed by atoms with Gasteiger partial charge in [0.1, 0.15) is 5.75 Å². The summed E-state index contributed by atoms with van der Waals surface area (Å²) in [6, 6.07) is 14.3. The van der Waals surface area contributed by atoms with Gasteiger partial charge in [0.05, 0.1) is 12.8 Å². The number of carbonyl (C=O) groups is 3. The van der Waals surface area contributed by atoms with E-state index in [4.69, 9.17) is 4.74 Å². The zero-order valence-electron chi connectivity index (χ0n) is 17.7. The monoisotopic (exact) mass is 413 g/mol. The van der Waals surface area contributed by atoms with Gasteiger partial charge in [0, 0.05) is 40.3 Å². The van der Waals surface area contributed by atoms with Gasteiger partial charge in [0.2, 0.25) is 5.78 Å². The highest BCUT2D eigenvalue weighted by atomic mass is 16.5. The summed E-state index contributed by atoms with van der Waals surface area (Å²) in [7, 11) is 1.59. The highest BCUT2D eigenvalue weighted by molar-refractivity contribution is 6.28. The maximum atomic E-state index is 13.6. The van der Waals surface area contributed by atoms with E-state index in [0.717, 1.165) is 11.3 Å². The molecule has 156 valence electrons. The van der Waals surface area contributed by atoms with Crippen LogP contribution in [-0.2, 0) is 4.79 Å². The summed E-state index contributed by atoms with van der Waals surface area (Å²) in [5, 5.41) is 3.23. The SMILES string of the molecule is COc1ccc(C2C3=C(CC(C)(C)CC3=O)NC3=C2C(=O)c2ccccc2C3=O)cc1. The number of rotatable bonds is 2. The third-order valence-corrected chi connectivity index (χ3v) is 6.38. The fraction of sp³-hybridized carbons (Fsp3) is 0.269. The maximum Gasteiger partial charge on any atom is 0.210 e. The van der Waals surface area contributed by atoms with Crippen LogP contribution in [0.5, 0.6) is 5.75 Å². The van der Waals surface area contributed by atoms with E-state index < -0.39 is 5.92 Å². The molecule has 0 aromatic heterocycles. The summed E-state index contributed by atoms with van der Waals surface area (Å²) in [6.45, 7) is 4.09. The molecule has 3 aliphatic rings. The Hall–Kier alpha value is -3.47. The first-order chi connectivity index (χ1) is 14.8. The molecular formula is C26H23NO4. The Bertz CT molecular complexity index is 1210. The van der Waals surface area contributed by atoms with E-state index in [9.17, 15) is 14.4 Å². The van der Waals surface area contributed by atoms with Gasteiger partial charge in [-0.05, 0) is 29.5 Å². The molecule has 2 aliphatic carbocycles. The molecule has 1 heterocycles. The van der Waals surface area contributed by atoms with E-state index in [1.54, 1.807) is 31.4 Å². The van der Waals surface area contributed by atoms with Crippen LogP contribution in [0.25, 0.3) is 0 Å². The molecule has 5 rings (SSSR count). The fourth-order valence-corrected chi connectivity index (χ4v) is 5.00. The number of dihydropyridines is 1. The number of methoxy groups -OCH3 is 1. The Balaban J connectivity index is 1.74. The predicted molar refractivity (Wildman–Crippen MR) is 116 cm³/mol. The molecule has 1 unspecified atom stereocenters. The van der Waals surface area contributed by atoms with Crippen LogP contribution < -0.4 is 10.1 Å². The van der Waals surface area contributed by atoms with Crippen molar-refractivity contribution in [2.24, 2.45) is 5.41 Å². The Labute approximate surface area is 180 Å². The highest BCUT2D eigenvalue weighted by Gasteiger charge is 2.46. The molecule has 1 atom stereocenters. The Kier molecular flexibility index (Phi) is 4.26. The molecule has 0 bridgehead atoms. The standard InChI is InChI=1S/C26H23NO4/c1-26(2)12-18-21(19(28)13-26)20(14-8-10-15(31-3)11-9-14)22-23(27-18)25(30)17-7-5-4-6-16(17)24(22)29/h4-11,20,27H,12-13H2,1-3H3. The van der Waals surface area contributed by atoms with E-state index in [2.05, 4.69) is 5.32 Å². The molecule has 0 amide bonds. The zero-order chi connectivity index (χ0) is 21.9. The molecule has 1 N–H and O–H groups in total. The lowest BCUT2D eigenvalue weighted by Crippen LogP contribution is -2.42. The Morgan fingerprint density at radius 3 is 2.16 bits per heavy atom. The van der Waals surface area contributed by atoms with Gasteiger partial charge in [0.15, 0.2) is 11.6 Å². The fourth-order valence-electron chi connectivity index (χ4n) is 5.00. The van der Waals surface area contributed by atoms with Crippen molar-refractivity contribution in [3.05, 3.63) is 87.8 Å². The van der Waals surface area contributed by atoms with Gasteiger partial charge in [0.25, 0.3) is 0 Å². The van der Waals surface area contributed by atoms with Crippen molar-refractivity contribution in [1.29, 1.82) is 0 Å². The van der Waals surface area contributed by atoms with Crippen LogP contribution in [0.2, 0.25) is 0 Å². The number of ketones is 3. The minimum Gasteiger partial charge on any atom is -0.497 e. The molecule has 0 radical (unpaired) electrons. The van der Waals surface area contributed by atoms with E-state index in [0.29, 0.717) is 46.6 Å². The first-order valence-electron chi connectivity index (χ1n) is 10.4. The second-order valence-electron chi connectivity index (χ2n) is 9.16. The largest absolute Gasteiger partial charge is 0.497 e. The molecule has 1 aliphatic heterocycles. The van der Waals surface area contributed by atoms with Crippen LogP contribution in [0.4, 0.5) is 0 Å². The lowest BCUT2D eigenvalue weighted by molar-refractivity contribution is -0.118. The average Bonchev–Trinajstić information content (AvgIpc) is 2.75. The second-order valence-corrected chi connectivity index (χ2v) is 9.16. The van der Waals surface area contributed by atoms with Gasteiger partial charge in [-0.1, -0.05) is 50.2 Å². The van der Waals surface area contributed by atoms with E-state index in [1.165, 1.54) is 0 Å². The average molecular weight is 413 g/mol. The van der Waals surface area contributed by atoms with Gasteiger partial charge in [-0.2, -0.15) is 0 Å². The lowest BCUT2D eigenvalue weighted by atomic mass is 9.66. The molecule has 0 saturated heterocycles. The summed E-state index contributed by atoms with van der Waals surface area (Å²) in [4.78, 5) is 40.3. The number of hydrogen-bond donors (Lipinski definition) is 1. The van der Waals surface area contributed by atoms with Crippen LogP contribution in [0, 0.1) is 5.41 Å². The van der Waals surface area contributed by atoms with Gasteiger partial charge in [-0.3, -0.25) is 14.4 Å². The minimum absolute atomic E-state index is 0.0187. The zero-order valence-corrected chi connectivity index (χ0v) is 17.7. The predicted octanol–water partition coefficient (Wildman–Crippen LogP) is 4.36. The summed E-state index contributed by atoms with van der Waals surface area (Å²) >= 11 is 0. The lowest BCUT2D eigenvalue weighted by Gasteiger charge is -2.41. The van der Waals surface area contributed by atoms with Crippen LogP contribution >= 0.6 is 0 Å². The van der Waals surface area contributed by atoms with Crippen molar-refractivity contribution in [1.82, 2.24) is 5.32 Å². The summed E-state index contributed by atoms with van der Waals surface area (Å²) in [5.74, 6) is -0.279. The van der Waals surface area contributed by atoms with Crippen molar-refractivity contribution in [3.63, 3.8) is 0 Å². The topological polar surface area (TPSA) is 72.5 Å². The third-order valence-electron chi connectivity index (χ3n) is 6.38. The minimum atomic E-state index is -0.578. The molecule has 5 heteroatoms. The molecule has 0 saturated carbocycles. The number of ether oxygens (including phenoxy) is 1. The quantitative estimate of drug-likeness (QED) is 0.792. The number of fused-ring (bicyclic) bond motifs is 1. The van der Waals surface area contributed by atoms with Gasteiger partial charge in [-0.15, -0.1) is 0 Å². The van der Waals surface area contributed by atoms with Gasteiger partial charge in [-0.25, -0.2) is 0 Å². The molecular weight excluding hydrogens is 390 g/mol. The molecule has 2 aromatic rings. The maximum absolute atomic E-state index is 13.6. The molecule has 2 aromatic carbocycles. The second kappa shape index (κ2) is 6.77. The van der Waals surface area contributed by atoms with Crippen molar-refractivity contribution in [2.75, 3.05) is 7.11 Å². The first kappa shape index (κ1) is 19.5. The normalized spacial score (nSPS) is 21.9. The van der Waals surface area contributed by atoms with E-state index in [-0.39, 0.29) is 22.8 Å². The summed E-state index contributed by atoms with van der Waals surface area (Å²) in [6.07, 6.45) is 1.04. The number of hydrogen-bond acceptors (Lipinski definition) is 5. The molecule has 0 fully saturated rings. The number of carbonyl (C=O) groups excluding carboxylic acids is 3. The van der Waals surface area contributed by atoms with Gasteiger partial charge < -0.3 is 10.1 Å². The third kappa shape index (κ3) is 2.95. The van der Waals surface area contributed by atoms with Crippen LogP contribution in [0.3, 0.4) is 0 Å². The number of allylic oxidation sites excluding steroid dienone is 4. The van der Waals surface area contributed by atoms with Crippen LogP contribution in [0.1, 0.15) is 58.9 Å². The van der Waals surface area contributed by atoms with Crippen molar-refractivity contribution in [2.45, 2.75) is 32.6 Å². The molecule has 0 spiro atoms. The van der Waals surface area contributed by atoms with Gasteiger partial charge >= 0.3 is 0 Å². The van der Waals surface area contributed by atoms with Crippen LogP contribution in [0.15, 0.2) is 71.1 Å². The first-order valence-corrected chi connectivity index (χ1v) is 10.4. The van der Waals surface area contributed by atoms with Crippen molar-refractivity contribution in [3.8, 4) is 5.75 Å². The van der Waals surface area contributed by atoms with Crippen molar-refractivity contribution < 1.29 is 19.1 Å². The Morgan fingerprint density at radius 1 is 0.871 bits per heavy atom. The number of benzene rings is 2. The summed E-state index contributed by atoms with van der Waals surface area (Å²) < 4.78 is 5.28. The highest BCUT2D eigenvalue weighted by Crippen LogP contribution is 2.49. The molecule has 5 nitrogen and oxygen atoms in total. The van der Waals surface area contributed by atoms with E-state index in [1.807, 2.05) is 38.1 Å². The summed E-state index contributed by atoms with van der Waals surface area (Å²) in [5.41, 5.74) is 3.39. The van der Waals surface area contributed by atoms with Crippen molar-refractivity contribution >= 4 is 17.3 Å². The smallest absolute Gasteiger partial charge is 0.210 e.